The lowest BCUT2D eigenvalue weighted by Gasteiger charge is -2.20. The van der Waals surface area contributed by atoms with Gasteiger partial charge >= 0.3 is 0 Å². The molecule has 0 saturated carbocycles. The van der Waals surface area contributed by atoms with Gasteiger partial charge in [-0.1, -0.05) is 44.8 Å². The fourth-order valence-electron chi connectivity index (χ4n) is 2.23. The molecule has 0 bridgehead atoms. The number of likely N-dealkylation sites (N-methyl/N-ethyl adjacent to an activating group) is 1. The number of rotatable bonds is 5. The van der Waals surface area contributed by atoms with Crippen LogP contribution in [0.4, 0.5) is 4.39 Å². The van der Waals surface area contributed by atoms with E-state index in [0.717, 1.165) is 26.6 Å². The van der Waals surface area contributed by atoms with Crippen LogP contribution in [0.1, 0.15) is 24.1 Å². The zero-order chi connectivity index (χ0) is 15.4. The summed E-state index contributed by atoms with van der Waals surface area (Å²) in [6, 6.07) is 11.5. The highest BCUT2D eigenvalue weighted by molar-refractivity contribution is 14.1. The Balaban J connectivity index is 2.32. The van der Waals surface area contributed by atoms with E-state index in [1.807, 2.05) is 18.2 Å². The minimum absolute atomic E-state index is 0.0785. The Morgan fingerprint density at radius 1 is 1.19 bits per heavy atom. The van der Waals surface area contributed by atoms with Crippen molar-refractivity contribution in [2.24, 2.45) is 0 Å². The molecule has 0 aliphatic rings. The van der Waals surface area contributed by atoms with E-state index in [1.165, 1.54) is 9.64 Å². The van der Waals surface area contributed by atoms with Crippen LogP contribution in [-0.2, 0) is 6.42 Å². The van der Waals surface area contributed by atoms with Gasteiger partial charge in [0.25, 0.3) is 0 Å². The minimum Gasteiger partial charge on any atom is -0.310 e. The third kappa shape index (κ3) is 4.74. The van der Waals surface area contributed by atoms with Crippen LogP contribution in [-0.4, -0.2) is 6.54 Å². The van der Waals surface area contributed by atoms with Gasteiger partial charge in [0.15, 0.2) is 0 Å². The average molecular weight is 527 g/mol. The van der Waals surface area contributed by atoms with E-state index in [4.69, 9.17) is 0 Å². The number of nitrogens with one attached hydrogen (secondary N) is 1. The molecule has 1 nitrogen and oxygen atoms in total. The van der Waals surface area contributed by atoms with Gasteiger partial charge in [0.1, 0.15) is 5.82 Å². The summed E-state index contributed by atoms with van der Waals surface area (Å²) in [5, 5.41) is 3.45. The summed E-state index contributed by atoms with van der Waals surface area (Å²) in [6.07, 6.45) is 0.617. The number of hydrogen-bond acceptors (Lipinski definition) is 1. The topological polar surface area (TPSA) is 12.0 Å². The van der Waals surface area contributed by atoms with Crippen molar-refractivity contribution < 1.29 is 4.39 Å². The van der Waals surface area contributed by atoms with Crippen LogP contribution in [0, 0.1) is 9.39 Å². The van der Waals surface area contributed by atoms with E-state index in [-0.39, 0.29) is 11.9 Å². The highest BCUT2D eigenvalue weighted by Crippen LogP contribution is 2.29. The molecule has 0 radical (unpaired) electrons. The maximum atomic E-state index is 14.1. The summed E-state index contributed by atoms with van der Waals surface area (Å²) >= 11 is 9.19. The predicted octanol–water partition coefficient (Wildman–Crippen LogP) is 5.85. The van der Waals surface area contributed by atoms with Gasteiger partial charge in [0.2, 0.25) is 0 Å². The van der Waals surface area contributed by atoms with E-state index >= 15 is 0 Å². The van der Waals surface area contributed by atoms with Gasteiger partial charge in [-0.2, -0.15) is 0 Å². The number of benzene rings is 2. The van der Waals surface area contributed by atoms with Gasteiger partial charge in [-0.25, -0.2) is 4.39 Å². The summed E-state index contributed by atoms with van der Waals surface area (Å²) in [6.45, 7) is 2.90. The molecule has 1 N–H and O–H groups in total. The van der Waals surface area contributed by atoms with Gasteiger partial charge in [0, 0.05) is 18.6 Å². The van der Waals surface area contributed by atoms with Gasteiger partial charge in [-0.3, -0.25) is 0 Å². The minimum atomic E-state index is -0.172. The highest BCUT2D eigenvalue weighted by Gasteiger charge is 2.16. The SMILES string of the molecule is CCNC(Cc1ccc(Br)cc1F)c1cc(I)ccc1Br. The largest absolute Gasteiger partial charge is 0.310 e. The summed E-state index contributed by atoms with van der Waals surface area (Å²) in [5.41, 5.74) is 1.88. The standard InChI is InChI=1S/C16H15Br2FIN/c1-2-21-16(13-9-12(20)5-6-14(13)18)7-10-3-4-11(17)8-15(10)19/h3-6,8-9,16,21H,2,7H2,1H3. The summed E-state index contributed by atoms with van der Waals surface area (Å²) in [7, 11) is 0. The second kappa shape index (κ2) is 8.04. The highest BCUT2D eigenvalue weighted by atomic mass is 127. The summed E-state index contributed by atoms with van der Waals surface area (Å²) in [5.74, 6) is -0.172. The first-order chi connectivity index (χ1) is 10.0. The molecule has 0 amide bonds. The van der Waals surface area contributed by atoms with Crippen molar-refractivity contribution in [3.05, 3.63) is 65.9 Å². The molecule has 112 valence electrons. The van der Waals surface area contributed by atoms with Gasteiger partial charge in [-0.05, 0) is 77.0 Å². The molecule has 0 spiro atoms. The van der Waals surface area contributed by atoms with Crippen molar-refractivity contribution in [2.75, 3.05) is 6.54 Å². The fourth-order valence-corrected chi connectivity index (χ4v) is 3.60. The number of hydrogen-bond donors (Lipinski definition) is 1. The monoisotopic (exact) mass is 525 g/mol. The Hall–Kier alpha value is 0.0200. The molecule has 0 fully saturated rings. The van der Waals surface area contributed by atoms with Crippen LogP contribution in [0.15, 0.2) is 45.3 Å². The number of halogens is 4. The second-order valence-electron chi connectivity index (χ2n) is 4.72. The van der Waals surface area contributed by atoms with Crippen LogP contribution in [0.25, 0.3) is 0 Å². The Morgan fingerprint density at radius 3 is 2.62 bits per heavy atom. The van der Waals surface area contributed by atoms with Crippen molar-refractivity contribution in [3.8, 4) is 0 Å². The van der Waals surface area contributed by atoms with Crippen LogP contribution >= 0.6 is 54.5 Å². The Morgan fingerprint density at radius 2 is 1.95 bits per heavy atom. The maximum Gasteiger partial charge on any atom is 0.127 e. The smallest absolute Gasteiger partial charge is 0.127 e. The molecular weight excluding hydrogens is 512 g/mol. The van der Waals surface area contributed by atoms with Crippen molar-refractivity contribution in [1.82, 2.24) is 5.32 Å². The van der Waals surface area contributed by atoms with Crippen LogP contribution in [0.3, 0.4) is 0 Å². The zero-order valence-electron chi connectivity index (χ0n) is 11.5. The van der Waals surface area contributed by atoms with Gasteiger partial charge < -0.3 is 5.32 Å². The van der Waals surface area contributed by atoms with E-state index in [2.05, 4.69) is 78.8 Å². The lowest BCUT2D eigenvalue weighted by molar-refractivity contribution is 0.526. The first-order valence-corrected chi connectivity index (χ1v) is 9.30. The zero-order valence-corrected chi connectivity index (χ0v) is 16.8. The lowest BCUT2D eigenvalue weighted by Crippen LogP contribution is -2.23. The van der Waals surface area contributed by atoms with Crippen LogP contribution in [0.2, 0.25) is 0 Å². The van der Waals surface area contributed by atoms with Crippen molar-refractivity contribution in [1.29, 1.82) is 0 Å². The molecule has 0 saturated heterocycles. The van der Waals surface area contributed by atoms with Crippen LogP contribution < -0.4 is 5.32 Å². The average Bonchev–Trinajstić information content (AvgIpc) is 2.44. The Labute approximate surface area is 155 Å². The Kier molecular flexibility index (Phi) is 6.65. The molecule has 5 heteroatoms. The van der Waals surface area contributed by atoms with Crippen LogP contribution in [0.5, 0.6) is 0 Å². The van der Waals surface area contributed by atoms with Gasteiger partial charge in [-0.15, -0.1) is 0 Å². The summed E-state index contributed by atoms with van der Waals surface area (Å²) < 4.78 is 17.1. The quantitative estimate of drug-likeness (QED) is 0.482. The first-order valence-electron chi connectivity index (χ1n) is 6.63. The fraction of sp³-hybridized carbons (Fsp3) is 0.250. The third-order valence-electron chi connectivity index (χ3n) is 3.22. The normalized spacial score (nSPS) is 12.4. The van der Waals surface area contributed by atoms with Crippen molar-refractivity contribution in [3.63, 3.8) is 0 Å². The molecule has 0 heterocycles. The third-order valence-corrected chi connectivity index (χ3v) is 5.11. The molecular formula is C16H15Br2FIN. The molecule has 0 aliphatic carbocycles. The molecule has 0 aromatic heterocycles. The van der Waals surface area contributed by atoms with Crippen molar-refractivity contribution in [2.45, 2.75) is 19.4 Å². The molecule has 1 atom stereocenters. The molecule has 2 rings (SSSR count). The van der Waals surface area contributed by atoms with E-state index in [9.17, 15) is 4.39 Å². The molecule has 1 unspecified atom stereocenters. The molecule has 0 aliphatic heterocycles. The summed E-state index contributed by atoms with van der Waals surface area (Å²) in [4.78, 5) is 0. The van der Waals surface area contributed by atoms with Gasteiger partial charge in [0.05, 0.1) is 0 Å². The van der Waals surface area contributed by atoms with E-state index in [1.54, 1.807) is 0 Å². The van der Waals surface area contributed by atoms with E-state index in [0.29, 0.717) is 6.42 Å². The lowest BCUT2D eigenvalue weighted by atomic mass is 9.98. The molecule has 2 aromatic carbocycles. The predicted molar refractivity (Wildman–Crippen MR) is 101 cm³/mol. The van der Waals surface area contributed by atoms with Crippen molar-refractivity contribution >= 4 is 54.5 Å². The maximum absolute atomic E-state index is 14.1. The molecule has 21 heavy (non-hydrogen) atoms. The Bertz CT molecular complexity index is 634. The molecule has 2 aromatic rings. The van der Waals surface area contributed by atoms with E-state index < -0.39 is 0 Å². The first kappa shape index (κ1) is 17.4. The second-order valence-corrected chi connectivity index (χ2v) is 7.73.